The molecule has 0 radical (unpaired) electrons. The van der Waals surface area contributed by atoms with Crippen LogP contribution < -0.4 is 25.5 Å². The highest BCUT2D eigenvalue weighted by Crippen LogP contribution is 2.60. The highest BCUT2D eigenvalue weighted by Gasteiger charge is 2.67. The second-order valence-corrected chi connectivity index (χ2v) is 20.3. The predicted octanol–water partition coefficient (Wildman–Crippen LogP) is 4.43. The zero-order valence-corrected chi connectivity index (χ0v) is 32.2. The van der Waals surface area contributed by atoms with Gasteiger partial charge in [-0.15, -0.1) is 0 Å². The molecule has 0 bridgehead atoms. The number of nitrogens with one attached hydrogen (secondary N) is 2. The average Bonchev–Trinajstić information content (AvgIpc) is 3.97. The fraction of sp³-hybridized carbons (Fsp3) is 0.475. The summed E-state index contributed by atoms with van der Waals surface area (Å²) in [5, 5.41) is 29.5. The Balaban J connectivity index is 1.25. The Bertz CT molecular complexity index is 1920. The maximum atomic E-state index is 15.2. The molecule has 4 heterocycles. The first-order valence-electron chi connectivity index (χ1n) is 18.9. The number of aliphatic hydroxyl groups is 1. The molecule has 0 unspecified atom stereocenters. The molecule has 7 rings (SSSR count). The molecule has 3 fully saturated rings. The van der Waals surface area contributed by atoms with Crippen LogP contribution in [0.3, 0.4) is 0 Å². The third-order valence-electron chi connectivity index (χ3n) is 12.3. The van der Waals surface area contributed by atoms with Crippen molar-refractivity contribution in [2.75, 3.05) is 37.0 Å². The maximum Gasteiger partial charge on any atom is 0.269 e. The Morgan fingerprint density at radius 1 is 1.09 bits per heavy atom. The first kappa shape index (κ1) is 37.7. The van der Waals surface area contributed by atoms with Crippen LogP contribution in [-0.2, 0) is 31.3 Å². The van der Waals surface area contributed by atoms with Crippen molar-refractivity contribution < 1.29 is 33.9 Å². The highest BCUT2D eigenvalue weighted by atomic mass is 28.3. The molecular formula is C40H49N5O8Si. The number of methoxy groups -OCH3 is 1. The van der Waals surface area contributed by atoms with E-state index in [1.165, 1.54) is 12.1 Å². The van der Waals surface area contributed by atoms with E-state index in [9.17, 15) is 24.8 Å². The Morgan fingerprint density at radius 2 is 1.83 bits per heavy atom. The van der Waals surface area contributed by atoms with Crippen LogP contribution in [-0.4, -0.2) is 85.7 Å². The van der Waals surface area contributed by atoms with E-state index in [0.717, 1.165) is 48.7 Å². The van der Waals surface area contributed by atoms with Crippen molar-refractivity contribution in [1.82, 2.24) is 10.2 Å². The number of fused-ring (bicyclic) bond motifs is 2. The van der Waals surface area contributed by atoms with E-state index in [2.05, 4.69) is 23.7 Å². The number of benzene rings is 3. The number of ether oxygens (including phenoxy) is 2. The van der Waals surface area contributed by atoms with Gasteiger partial charge in [-0.2, -0.15) is 0 Å². The summed E-state index contributed by atoms with van der Waals surface area (Å²) in [5.74, 6) is -0.297. The molecule has 4 aliphatic heterocycles. The lowest BCUT2D eigenvalue weighted by Crippen LogP contribution is -2.52. The zero-order valence-electron chi connectivity index (χ0n) is 31.2. The van der Waals surface area contributed by atoms with Crippen molar-refractivity contribution in [1.29, 1.82) is 0 Å². The van der Waals surface area contributed by atoms with E-state index in [1.54, 1.807) is 23.0 Å². The van der Waals surface area contributed by atoms with Crippen LogP contribution >= 0.6 is 0 Å². The molecule has 0 saturated carbocycles. The van der Waals surface area contributed by atoms with Crippen molar-refractivity contribution in [2.24, 2.45) is 5.92 Å². The van der Waals surface area contributed by atoms with Gasteiger partial charge in [-0.3, -0.25) is 24.5 Å². The smallest absolute Gasteiger partial charge is 0.269 e. The summed E-state index contributed by atoms with van der Waals surface area (Å²) >= 11 is 0. The van der Waals surface area contributed by atoms with Crippen LogP contribution in [0.5, 0.6) is 5.75 Å². The monoisotopic (exact) mass is 755 g/mol. The van der Waals surface area contributed by atoms with Gasteiger partial charge < -0.3 is 35.0 Å². The number of non-ortho nitro benzene ring substituents is 1. The minimum atomic E-state index is -2.59. The summed E-state index contributed by atoms with van der Waals surface area (Å²) in [7, 11) is -0.976. The zero-order chi connectivity index (χ0) is 38.4. The van der Waals surface area contributed by atoms with Crippen LogP contribution in [0.1, 0.15) is 50.2 Å². The minimum Gasteiger partial charge on any atom is -0.497 e. The molecule has 3 saturated heterocycles. The standard InChI is InChI=1S/C40H49N5O8Si/c1-25-37(54(3,4)31-16-14-30(52-2)15-17-31)35(22-36(47)43-20-6-7-29(43)24-46)53-40(25)32-21-28(45(50)51)13-18-34(32)44(39(40)49)23-26-9-11-27(12-10-26)42-38(48)33-8-5-19-41-33/h9-18,21,25,29,33,35,37,41,46H,5-8,19-20,22-24H2,1-4H3,(H,42,48)/t25-,29+,33-,35+,37-,40+/m1/s1. The van der Waals surface area contributed by atoms with E-state index in [0.29, 0.717) is 23.5 Å². The number of rotatable bonds is 11. The van der Waals surface area contributed by atoms with Gasteiger partial charge in [-0.1, -0.05) is 49.5 Å². The third kappa shape index (κ3) is 6.58. The topological polar surface area (TPSA) is 164 Å². The molecule has 14 heteroatoms. The predicted molar refractivity (Wildman–Crippen MR) is 206 cm³/mol. The summed E-state index contributed by atoms with van der Waals surface area (Å²) in [6.45, 7) is 7.83. The molecule has 0 aromatic heterocycles. The molecule has 0 aliphatic carbocycles. The van der Waals surface area contributed by atoms with Crippen LogP contribution in [0.15, 0.2) is 66.7 Å². The van der Waals surface area contributed by atoms with Crippen LogP contribution in [0.2, 0.25) is 18.6 Å². The lowest BCUT2D eigenvalue weighted by molar-refractivity contribution is -0.385. The van der Waals surface area contributed by atoms with Gasteiger partial charge in [0, 0.05) is 35.8 Å². The van der Waals surface area contributed by atoms with E-state index in [4.69, 9.17) is 9.47 Å². The number of nitrogens with zero attached hydrogens (tertiary/aromatic N) is 3. The number of aliphatic hydroxyl groups excluding tert-OH is 1. The Hall–Kier alpha value is -4.63. The van der Waals surface area contributed by atoms with E-state index in [-0.39, 0.29) is 60.6 Å². The first-order chi connectivity index (χ1) is 25.9. The van der Waals surface area contributed by atoms with Gasteiger partial charge in [0.05, 0.1) is 63.6 Å². The molecule has 13 nitrogen and oxygen atoms in total. The van der Waals surface area contributed by atoms with Crippen molar-refractivity contribution in [3.63, 3.8) is 0 Å². The molecule has 286 valence electrons. The lowest BCUT2D eigenvalue weighted by atomic mass is 9.82. The average molecular weight is 756 g/mol. The van der Waals surface area contributed by atoms with Crippen molar-refractivity contribution in [2.45, 2.75) is 88.0 Å². The van der Waals surface area contributed by atoms with Gasteiger partial charge in [0.2, 0.25) is 11.8 Å². The number of amides is 3. The number of hydrogen-bond acceptors (Lipinski definition) is 9. The molecule has 1 spiro atoms. The van der Waals surface area contributed by atoms with Crippen molar-refractivity contribution >= 4 is 48.0 Å². The minimum absolute atomic E-state index is 0.0148. The van der Waals surface area contributed by atoms with E-state index < -0.39 is 30.6 Å². The summed E-state index contributed by atoms with van der Waals surface area (Å²) in [6, 6.07) is 19.3. The van der Waals surface area contributed by atoms with Gasteiger partial charge in [-0.25, -0.2) is 0 Å². The van der Waals surface area contributed by atoms with Gasteiger partial charge in [0.25, 0.3) is 11.6 Å². The highest BCUT2D eigenvalue weighted by molar-refractivity contribution is 6.91. The van der Waals surface area contributed by atoms with E-state index in [1.807, 2.05) is 55.5 Å². The Morgan fingerprint density at radius 3 is 2.48 bits per heavy atom. The Labute approximate surface area is 316 Å². The molecule has 4 aliphatic rings. The number of anilines is 2. The number of nitro benzene ring substituents is 1. The fourth-order valence-corrected chi connectivity index (χ4v) is 13.4. The van der Waals surface area contributed by atoms with Crippen LogP contribution in [0.4, 0.5) is 17.1 Å². The van der Waals surface area contributed by atoms with Crippen LogP contribution in [0, 0.1) is 16.0 Å². The first-order valence-corrected chi connectivity index (χ1v) is 21.9. The summed E-state index contributed by atoms with van der Waals surface area (Å²) in [5.41, 5.74) is 0.407. The largest absolute Gasteiger partial charge is 0.497 e. The fourth-order valence-electron chi connectivity index (χ4n) is 9.43. The van der Waals surface area contributed by atoms with Gasteiger partial charge in [0.15, 0.2) is 5.60 Å². The summed E-state index contributed by atoms with van der Waals surface area (Å²) in [4.78, 5) is 57.0. The Kier molecular flexibility index (Phi) is 10.4. The quantitative estimate of drug-likeness (QED) is 0.146. The summed E-state index contributed by atoms with van der Waals surface area (Å²) in [6.07, 6.45) is 2.60. The molecule has 6 atom stereocenters. The summed E-state index contributed by atoms with van der Waals surface area (Å²) < 4.78 is 12.5. The van der Waals surface area contributed by atoms with Gasteiger partial charge in [-0.05, 0) is 73.7 Å². The maximum absolute atomic E-state index is 15.2. The number of carbonyl (C=O) groups is 3. The van der Waals surface area contributed by atoms with Crippen LogP contribution in [0.25, 0.3) is 0 Å². The number of nitro groups is 1. The van der Waals surface area contributed by atoms with Gasteiger partial charge in [0.1, 0.15) is 5.75 Å². The molecule has 3 N–H and O–H groups in total. The molecule has 54 heavy (non-hydrogen) atoms. The van der Waals surface area contributed by atoms with Crippen molar-refractivity contribution in [3.05, 3.63) is 88.0 Å². The second-order valence-electron chi connectivity index (χ2n) is 15.6. The van der Waals surface area contributed by atoms with E-state index >= 15 is 4.79 Å². The van der Waals surface area contributed by atoms with Crippen molar-refractivity contribution in [3.8, 4) is 5.75 Å². The molecule has 3 aromatic carbocycles. The lowest BCUT2D eigenvalue weighted by Gasteiger charge is -2.37. The SMILES string of the molecule is COc1ccc([Si](C)(C)[C@H]2[C@H](CC(=O)N3CCC[C@H]3CO)O[C@@]3(C(=O)N(Cc4ccc(NC(=O)[C@H]5CCCN5)cc4)c4ccc([N+](=O)[O-])cc43)[C@@H]2C)cc1. The molecular weight excluding hydrogens is 707 g/mol. The number of carbonyl (C=O) groups excluding carboxylic acids is 3. The number of hydrogen-bond donors (Lipinski definition) is 3. The molecule has 3 amide bonds. The third-order valence-corrected chi connectivity index (χ3v) is 16.6. The molecule has 3 aromatic rings. The number of likely N-dealkylation sites (tertiary alicyclic amines) is 1. The normalized spacial score (nSPS) is 26.4. The van der Waals surface area contributed by atoms with Gasteiger partial charge >= 0.3 is 0 Å². The second kappa shape index (κ2) is 14.9.